The summed E-state index contributed by atoms with van der Waals surface area (Å²) < 4.78 is 8.29. The van der Waals surface area contributed by atoms with E-state index >= 15 is 0 Å². The Morgan fingerprint density at radius 1 is 1.05 bits per heavy atom. The lowest BCUT2D eigenvalue weighted by molar-refractivity contribution is 0.101. The van der Waals surface area contributed by atoms with Crippen molar-refractivity contribution < 1.29 is 9.53 Å². The maximum atomic E-state index is 11.5. The molecule has 5 rings (SSSR count). The molecule has 2 aromatic carbocycles. The van der Waals surface area contributed by atoms with Gasteiger partial charge in [0.2, 0.25) is 0 Å². The van der Waals surface area contributed by atoms with Gasteiger partial charge in [-0.15, -0.1) is 0 Å². The summed E-state index contributed by atoms with van der Waals surface area (Å²) in [5, 5.41) is 0. The van der Waals surface area contributed by atoms with Gasteiger partial charge in [0.1, 0.15) is 23.9 Å². The van der Waals surface area contributed by atoms with Crippen molar-refractivity contribution in [1.82, 2.24) is 4.57 Å². The summed E-state index contributed by atoms with van der Waals surface area (Å²) in [6.45, 7) is 4.72. The molecule has 0 saturated heterocycles. The molecule has 0 unspecified atom stereocenters. The minimum atomic E-state index is 0.0601. The van der Waals surface area contributed by atoms with Crippen LogP contribution in [-0.2, 0) is 13.2 Å². The van der Waals surface area contributed by atoms with Crippen molar-refractivity contribution in [3.05, 3.63) is 118 Å². The normalized spacial score (nSPS) is 14.5. The molecule has 1 aromatic heterocycles. The Labute approximate surface area is 217 Å². The summed E-state index contributed by atoms with van der Waals surface area (Å²) in [6.07, 6.45) is 8.11. The van der Waals surface area contributed by atoms with Crippen LogP contribution in [0, 0.1) is 0 Å². The first-order valence-corrected chi connectivity index (χ1v) is 12.4. The van der Waals surface area contributed by atoms with Crippen LogP contribution in [0.1, 0.15) is 48.3 Å². The first-order valence-electron chi connectivity index (χ1n) is 12.4. The van der Waals surface area contributed by atoms with Crippen LogP contribution in [0.5, 0.6) is 5.75 Å². The highest BCUT2D eigenvalue weighted by molar-refractivity contribution is 5.94. The van der Waals surface area contributed by atoms with Gasteiger partial charge in [-0.05, 0) is 91.1 Å². The summed E-state index contributed by atoms with van der Waals surface area (Å²) in [7, 11) is 0. The molecule has 5 heteroatoms. The summed E-state index contributed by atoms with van der Waals surface area (Å²) in [6, 6.07) is 20.0. The molecule has 3 aromatic rings. The molecule has 0 amide bonds. The fourth-order valence-electron chi connectivity index (χ4n) is 4.63. The van der Waals surface area contributed by atoms with Gasteiger partial charge in [-0.25, -0.2) is 4.99 Å². The van der Waals surface area contributed by atoms with Crippen molar-refractivity contribution in [2.45, 2.75) is 39.8 Å². The molecule has 2 heterocycles. The van der Waals surface area contributed by atoms with E-state index in [2.05, 4.69) is 64.4 Å². The van der Waals surface area contributed by atoms with E-state index in [4.69, 9.17) is 10.5 Å². The molecular weight excluding hydrogens is 458 g/mol. The second-order valence-corrected chi connectivity index (χ2v) is 9.26. The Morgan fingerprint density at radius 3 is 2.51 bits per heavy atom. The van der Waals surface area contributed by atoms with Crippen LogP contribution in [0.3, 0.4) is 0 Å². The van der Waals surface area contributed by atoms with Crippen LogP contribution in [-0.4, -0.2) is 16.2 Å². The van der Waals surface area contributed by atoms with E-state index in [0.29, 0.717) is 24.6 Å². The fraction of sp³-hybridized carbons (Fsp3) is 0.188. The molecule has 0 bridgehead atoms. The van der Waals surface area contributed by atoms with E-state index in [1.807, 2.05) is 36.4 Å². The molecular formula is C32H29N3O2. The zero-order valence-corrected chi connectivity index (χ0v) is 21.1. The third-order valence-corrected chi connectivity index (χ3v) is 6.62. The standard InChI is InChI=1S/C32H29N3O2/c1-22-6-3-4-8-29(22)31-19-18-30(35(31)20-27-7-5-9-32(33)34-27)26-14-16-28(17-15-26)37-21-24-10-12-25(13-11-24)23(2)36/h3,6,9-19H,4,8,20-21H2,1-2H3,(H2,33,34). The lowest BCUT2D eigenvalue weighted by Crippen LogP contribution is -2.12. The van der Waals surface area contributed by atoms with Crippen molar-refractivity contribution >= 4 is 17.2 Å². The Hall–Kier alpha value is -4.56. The molecule has 1 aliphatic heterocycles. The number of nitrogens with two attached hydrogens (primary N) is 1. The number of rotatable bonds is 8. The van der Waals surface area contributed by atoms with Gasteiger partial charge < -0.3 is 15.0 Å². The Balaban J connectivity index is 1.41. The SMILES string of the molecule is CC(=O)c1ccc(COc2ccc(-c3ccc(C4=C(C)C=CCC4)n3CC3=C=C=CC(N)=N3)cc2)cc1. The van der Waals surface area contributed by atoms with Gasteiger partial charge in [-0.3, -0.25) is 4.79 Å². The first-order chi connectivity index (χ1) is 18.0. The number of allylic oxidation sites excluding steroid dienone is 5. The number of aliphatic imine (C=N–C) groups is 1. The zero-order valence-electron chi connectivity index (χ0n) is 21.1. The molecule has 5 nitrogen and oxygen atoms in total. The molecule has 0 radical (unpaired) electrons. The van der Waals surface area contributed by atoms with Crippen LogP contribution in [0.2, 0.25) is 0 Å². The smallest absolute Gasteiger partial charge is 0.159 e. The van der Waals surface area contributed by atoms with Crippen molar-refractivity contribution in [3.63, 3.8) is 0 Å². The van der Waals surface area contributed by atoms with Crippen LogP contribution >= 0.6 is 0 Å². The largest absolute Gasteiger partial charge is 0.489 e. The predicted molar refractivity (Wildman–Crippen MR) is 148 cm³/mol. The maximum absolute atomic E-state index is 11.5. The number of nitrogens with zero attached hydrogens (tertiary/aromatic N) is 2. The van der Waals surface area contributed by atoms with Crippen molar-refractivity contribution in [2.24, 2.45) is 10.7 Å². The Kier molecular flexibility index (Phi) is 6.91. The molecule has 1 aliphatic carbocycles. The number of hydrogen-bond donors (Lipinski definition) is 1. The minimum Gasteiger partial charge on any atom is -0.489 e. The fourth-order valence-corrected chi connectivity index (χ4v) is 4.63. The number of ether oxygens (including phenoxy) is 1. The molecule has 2 aliphatic rings. The Bertz CT molecular complexity index is 1530. The van der Waals surface area contributed by atoms with Gasteiger partial charge in [0, 0.05) is 23.0 Å². The molecule has 0 fully saturated rings. The number of amidine groups is 1. The summed E-state index contributed by atoms with van der Waals surface area (Å²) in [4.78, 5) is 16.0. The molecule has 0 atom stereocenters. The molecule has 0 spiro atoms. The van der Waals surface area contributed by atoms with E-state index in [9.17, 15) is 4.79 Å². The lowest BCUT2D eigenvalue weighted by Gasteiger charge is -2.19. The topological polar surface area (TPSA) is 69.6 Å². The molecule has 37 heavy (non-hydrogen) atoms. The third kappa shape index (κ3) is 5.49. The van der Waals surface area contributed by atoms with Gasteiger partial charge in [-0.1, -0.05) is 42.1 Å². The summed E-state index contributed by atoms with van der Waals surface area (Å²) in [5.41, 5.74) is 20.5. The van der Waals surface area contributed by atoms with Crippen LogP contribution < -0.4 is 10.5 Å². The van der Waals surface area contributed by atoms with Gasteiger partial charge in [0.05, 0.1) is 6.54 Å². The third-order valence-electron chi connectivity index (χ3n) is 6.62. The van der Waals surface area contributed by atoms with Crippen molar-refractivity contribution in [2.75, 3.05) is 0 Å². The van der Waals surface area contributed by atoms with E-state index in [1.54, 1.807) is 13.0 Å². The number of benzene rings is 2. The predicted octanol–water partition coefficient (Wildman–Crippen LogP) is 6.63. The average Bonchev–Trinajstić information content (AvgIpc) is 3.31. The maximum Gasteiger partial charge on any atom is 0.159 e. The highest BCUT2D eigenvalue weighted by Crippen LogP contribution is 2.34. The number of carbonyl (C=O) groups is 1. The second-order valence-electron chi connectivity index (χ2n) is 9.26. The highest BCUT2D eigenvalue weighted by Gasteiger charge is 2.17. The van der Waals surface area contributed by atoms with Gasteiger partial charge >= 0.3 is 0 Å². The van der Waals surface area contributed by atoms with Crippen LogP contribution in [0.15, 0.2) is 107 Å². The van der Waals surface area contributed by atoms with Crippen LogP contribution in [0.25, 0.3) is 16.8 Å². The lowest BCUT2D eigenvalue weighted by atomic mass is 9.96. The number of hydrogen-bond acceptors (Lipinski definition) is 4. The van der Waals surface area contributed by atoms with Crippen molar-refractivity contribution in [1.29, 1.82) is 0 Å². The quantitative estimate of drug-likeness (QED) is 0.287. The molecule has 0 saturated carbocycles. The Morgan fingerprint density at radius 2 is 1.81 bits per heavy atom. The van der Waals surface area contributed by atoms with E-state index in [0.717, 1.165) is 41.1 Å². The number of aromatic nitrogens is 1. The van der Waals surface area contributed by atoms with Gasteiger partial charge in [0.15, 0.2) is 5.78 Å². The second kappa shape index (κ2) is 10.6. The monoisotopic (exact) mass is 487 g/mol. The number of ketones is 1. The zero-order chi connectivity index (χ0) is 25.8. The summed E-state index contributed by atoms with van der Waals surface area (Å²) >= 11 is 0. The first kappa shape index (κ1) is 24.1. The number of carbonyl (C=O) groups excluding carboxylic acids is 1. The van der Waals surface area contributed by atoms with Crippen LogP contribution in [0.4, 0.5) is 0 Å². The number of Topliss-reactive ketones (excluding diaryl/α,β-unsaturated/α-hetero) is 1. The molecule has 2 N–H and O–H groups in total. The van der Waals surface area contributed by atoms with Gasteiger partial charge in [-0.2, -0.15) is 0 Å². The minimum absolute atomic E-state index is 0.0601. The van der Waals surface area contributed by atoms with Gasteiger partial charge in [0.25, 0.3) is 0 Å². The molecule has 184 valence electrons. The van der Waals surface area contributed by atoms with E-state index in [-0.39, 0.29) is 5.78 Å². The van der Waals surface area contributed by atoms with E-state index in [1.165, 1.54) is 16.8 Å². The highest BCUT2D eigenvalue weighted by atomic mass is 16.5. The summed E-state index contributed by atoms with van der Waals surface area (Å²) in [5.74, 6) is 1.29. The van der Waals surface area contributed by atoms with E-state index < -0.39 is 0 Å². The van der Waals surface area contributed by atoms with Crippen molar-refractivity contribution in [3.8, 4) is 17.0 Å². The average molecular weight is 488 g/mol.